The molecular weight excluding hydrogens is 250 g/mol. The van der Waals surface area contributed by atoms with Gasteiger partial charge in [0.15, 0.2) is 5.13 Å². The summed E-state index contributed by atoms with van der Waals surface area (Å²) in [4.78, 5) is 16.6. The van der Waals surface area contributed by atoms with Crippen LogP contribution in [0.2, 0.25) is 0 Å². The number of carbonyl (C=O) groups is 1. The van der Waals surface area contributed by atoms with Crippen LogP contribution in [0.3, 0.4) is 0 Å². The molecular formula is C12H15N3O2S. The molecule has 0 bridgehead atoms. The van der Waals surface area contributed by atoms with E-state index in [1.165, 1.54) is 11.3 Å². The van der Waals surface area contributed by atoms with Crippen molar-refractivity contribution in [3.8, 4) is 0 Å². The summed E-state index contributed by atoms with van der Waals surface area (Å²) in [6, 6.07) is 3.54. The molecule has 1 atom stereocenters. The van der Waals surface area contributed by atoms with Crippen molar-refractivity contribution in [2.24, 2.45) is 0 Å². The van der Waals surface area contributed by atoms with E-state index in [1.807, 2.05) is 26.0 Å². The summed E-state index contributed by atoms with van der Waals surface area (Å²) in [6.45, 7) is 5.51. The van der Waals surface area contributed by atoms with Crippen LogP contribution in [-0.4, -0.2) is 10.9 Å². The molecule has 0 aliphatic rings. The standard InChI is InChI=1S/C12H15N3O2S/c1-6-4-5-9(17-6)7(2)14-11(16)10-8(3)15-12(13)18-10/h4-5,7H,1-3H3,(H2,13,15)(H,14,16). The maximum atomic E-state index is 12.0. The van der Waals surface area contributed by atoms with Crippen LogP contribution in [0.4, 0.5) is 5.13 Å². The van der Waals surface area contributed by atoms with Crippen LogP contribution < -0.4 is 11.1 Å². The first-order chi connectivity index (χ1) is 8.47. The highest BCUT2D eigenvalue weighted by Gasteiger charge is 2.18. The number of nitrogens with one attached hydrogen (secondary N) is 1. The van der Waals surface area contributed by atoms with Gasteiger partial charge in [0, 0.05) is 0 Å². The number of aryl methyl sites for hydroxylation is 2. The van der Waals surface area contributed by atoms with E-state index in [4.69, 9.17) is 10.2 Å². The number of thiazole rings is 1. The molecule has 2 rings (SSSR count). The zero-order valence-electron chi connectivity index (χ0n) is 10.5. The number of carbonyl (C=O) groups excluding carboxylic acids is 1. The Morgan fingerprint density at radius 3 is 2.72 bits per heavy atom. The smallest absolute Gasteiger partial charge is 0.263 e. The third-order valence-corrected chi connectivity index (χ3v) is 3.54. The van der Waals surface area contributed by atoms with E-state index in [0.29, 0.717) is 15.7 Å². The summed E-state index contributed by atoms with van der Waals surface area (Å²) in [7, 11) is 0. The number of hydrogen-bond acceptors (Lipinski definition) is 5. The maximum absolute atomic E-state index is 12.0. The third-order valence-electron chi connectivity index (χ3n) is 2.55. The summed E-state index contributed by atoms with van der Waals surface area (Å²) >= 11 is 1.19. The summed E-state index contributed by atoms with van der Waals surface area (Å²) < 4.78 is 5.47. The topological polar surface area (TPSA) is 81.2 Å². The molecule has 6 heteroatoms. The van der Waals surface area contributed by atoms with E-state index in [-0.39, 0.29) is 11.9 Å². The van der Waals surface area contributed by atoms with Gasteiger partial charge in [-0.3, -0.25) is 4.79 Å². The molecule has 2 heterocycles. The Balaban J connectivity index is 2.10. The van der Waals surface area contributed by atoms with E-state index in [0.717, 1.165) is 11.5 Å². The minimum Gasteiger partial charge on any atom is -0.464 e. The molecule has 2 aromatic heterocycles. The molecule has 0 fully saturated rings. The highest BCUT2D eigenvalue weighted by atomic mass is 32.1. The Bertz CT molecular complexity index is 574. The molecule has 1 unspecified atom stereocenters. The van der Waals surface area contributed by atoms with Crippen molar-refractivity contribution in [3.63, 3.8) is 0 Å². The highest BCUT2D eigenvalue weighted by molar-refractivity contribution is 7.17. The van der Waals surface area contributed by atoms with Gasteiger partial charge in [-0.1, -0.05) is 11.3 Å². The van der Waals surface area contributed by atoms with E-state index < -0.39 is 0 Å². The fourth-order valence-electron chi connectivity index (χ4n) is 1.65. The number of anilines is 1. The van der Waals surface area contributed by atoms with Gasteiger partial charge in [0.2, 0.25) is 0 Å². The second kappa shape index (κ2) is 4.81. The summed E-state index contributed by atoms with van der Waals surface area (Å²) in [6.07, 6.45) is 0. The van der Waals surface area contributed by atoms with Crippen molar-refractivity contribution in [3.05, 3.63) is 34.2 Å². The van der Waals surface area contributed by atoms with Crippen molar-refractivity contribution < 1.29 is 9.21 Å². The van der Waals surface area contributed by atoms with Gasteiger partial charge in [-0.15, -0.1) is 0 Å². The first kappa shape index (κ1) is 12.6. The lowest BCUT2D eigenvalue weighted by Crippen LogP contribution is -2.26. The lowest BCUT2D eigenvalue weighted by molar-refractivity contribution is 0.0938. The second-order valence-corrected chi connectivity index (χ2v) is 5.14. The van der Waals surface area contributed by atoms with Crippen molar-refractivity contribution >= 4 is 22.4 Å². The van der Waals surface area contributed by atoms with Gasteiger partial charge >= 0.3 is 0 Å². The number of aromatic nitrogens is 1. The zero-order chi connectivity index (χ0) is 13.3. The molecule has 0 aliphatic carbocycles. The van der Waals surface area contributed by atoms with Gasteiger partial charge in [0.25, 0.3) is 5.91 Å². The second-order valence-electron chi connectivity index (χ2n) is 4.11. The monoisotopic (exact) mass is 265 g/mol. The Labute approximate surface area is 109 Å². The van der Waals surface area contributed by atoms with Crippen LogP contribution in [0.15, 0.2) is 16.5 Å². The minimum atomic E-state index is -0.186. The maximum Gasteiger partial charge on any atom is 0.263 e. The largest absolute Gasteiger partial charge is 0.464 e. The van der Waals surface area contributed by atoms with Crippen LogP contribution in [0, 0.1) is 13.8 Å². The van der Waals surface area contributed by atoms with E-state index in [1.54, 1.807) is 6.92 Å². The summed E-state index contributed by atoms with van der Waals surface area (Å²) in [5.74, 6) is 1.38. The summed E-state index contributed by atoms with van der Waals surface area (Å²) in [5.41, 5.74) is 6.22. The molecule has 5 nitrogen and oxygen atoms in total. The van der Waals surface area contributed by atoms with Crippen molar-refractivity contribution in [1.82, 2.24) is 10.3 Å². The molecule has 0 spiro atoms. The SMILES string of the molecule is Cc1ccc(C(C)NC(=O)c2sc(N)nc2C)o1. The Hall–Kier alpha value is -1.82. The molecule has 2 aromatic rings. The van der Waals surface area contributed by atoms with E-state index in [2.05, 4.69) is 10.3 Å². The van der Waals surface area contributed by atoms with Gasteiger partial charge in [-0.05, 0) is 32.9 Å². The van der Waals surface area contributed by atoms with Gasteiger partial charge in [0.1, 0.15) is 16.4 Å². The van der Waals surface area contributed by atoms with Crippen molar-refractivity contribution in [2.75, 3.05) is 5.73 Å². The normalized spacial score (nSPS) is 12.4. The molecule has 0 aromatic carbocycles. The number of nitrogen functional groups attached to an aromatic ring is 1. The van der Waals surface area contributed by atoms with Gasteiger partial charge in [-0.2, -0.15) is 0 Å². The van der Waals surface area contributed by atoms with Crippen molar-refractivity contribution in [2.45, 2.75) is 26.8 Å². The average Bonchev–Trinajstić information content (AvgIpc) is 2.84. The van der Waals surface area contributed by atoms with Crippen LogP contribution >= 0.6 is 11.3 Å². The fourth-order valence-corrected chi connectivity index (χ4v) is 2.38. The number of amides is 1. The molecule has 96 valence electrons. The Morgan fingerprint density at radius 1 is 1.50 bits per heavy atom. The third kappa shape index (κ3) is 2.53. The van der Waals surface area contributed by atoms with Gasteiger partial charge < -0.3 is 15.5 Å². The fraction of sp³-hybridized carbons (Fsp3) is 0.333. The zero-order valence-corrected chi connectivity index (χ0v) is 11.3. The van der Waals surface area contributed by atoms with Gasteiger partial charge in [-0.25, -0.2) is 4.98 Å². The number of nitrogens with zero attached hydrogens (tertiary/aromatic N) is 1. The Kier molecular flexibility index (Phi) is 3.38. The van der Waals surface area contributed by atoms with Crippen LogP contribution in [0.1, 0.15) is 39.9 Å². The number of rotatable bonds is 3. The molecule has 0 saturated heterocycles. The molecule has 0 aliphatic heterocycles. The predicted octanol–water partition coefficient (Wildman–Crippen LogP) is 2.43. The first-order valence-electron chi connectivity index (χ1n) is 5.57. The van der Waals surface area contributed by atoms with E-state index in [9.17, 15) is 4.79 Å². The molecule has 3 N–H and O–H groups in total. The lowest BCUT2D eigenvalue weighted by Gasteiger charge is -2.10. The van der Waals surface area contributed by atoms with Crippen molar-refractivity contribution in [1.29, 1.82) is 0 Å². The molecule has 0 radical (unpaired) electrons. The minimum absolute atomic E-state index is 0.178. The molecule has 18 heavy (non-hydrogen) atoms. The van der Waals surface area contributed by atoms with Gasteiger partial charge in [0.05, 0.1) is 11.7 Å². The van der Waals surface area contributed by atoms with Crippen LogP contribution in [0.25, 0.3) is 0 Å². The number of furan rings is 1. The predicted molar refractivity (Wildman–Crippen MR) is 70.6 cm³/mol. The molecule has 1 amide bonds. The number of hydrogen-bond donors (Lipinski definition) is 2. The summed E-state index contributed by atoms with van der Waals surface area (Å²) in [5, 5.41) is 3.26. The first-order valence-corrected chi connectivity index (χ1v) is 6.39. The lowest BCUT2D eigenvalue weighted by atomic mass is 10.2. The van der Waals surface area contributed by atoms with Crippen LogP contribution in [-0.2, 0) is 0 Å². The Morgan fingerprint density at radius 2 is 2.22 bits per heavy atom. The average molecular weight is 265 g/mol. The highest BCUT2D eigenvalue weighted by Crippen LogP contribution is 2.21. The van der Waals surface area contributed by atoms with Crippen LogP contribution in [0.5, 0.6) is 0 Å². The number of nitrogens with two attached hydrogens (primary N) is 1. The van der Waals surface area contributed by atoms with E-state index >= 15 is 0 Å². The molecule has 0 saturated carbocycles. The quantitative estimate of drug-likeness (QED) is 0.893.